The summed E-state index contributed by atoms with van der Waals surface area (Å²) in [5.41, 5.74) is 0. The third kappa shape index (κ3) is 3.47. The van der Waals surface area contributed by atoms with E-state index in [9.17, 15) is 9.59 Å². The molecule has 2 fully saturated rings. The van der Waals surface area contributed by atoms with Gasteiger partial charge in [-0.25, -0.2) is 0 Å². The third-order valence-corrected chi connectivity index (χ3v) is 3.70. The molecule has 2 aliphatic rings. The molecule has 0 aromatic carbocycles. The van der Waals surface area contributed by atoms with Gasteiger partial charge in [0.15, 0.2) is 0 Å². The summed E-state index contributed by atoms with van der Waals surface area (Å²) in [6.07, 6.45) is 2.87. The topological polar surface area (TPSA) is 49.9 Å². The Morgan fingerprint density at radius 2 is 2.11 bits per heavy atom. The summed E-state index contributed by atoms with van der Waals surface area (Å²) < 4.78 is 5.50. The number of piperazine rings is 1. The maximum Gasteiger partial charge on any atom is 0.245 e. The zero-order valence-electron chi connectivity index (χ0n) is 11.9. The summed E-state index contributed by atoms with van der Waals surface area (Å²) in [5.74, 6) is 0.688. The summed E-state index contributed by atoms with van der Waals surface area (Å²) >= 11 is 0. The van der Waals surface area contributed by atoms with E-state index in [1.807, 2.05) is 0 Å². The van der Waals surface area contributed by atoms with E-state index in [4.69, 9.17) is 4.74 Å². The van der Waals surface area contributed by atoms with Crippen LogP contribution < -0.4 is 0 Å². The molecule has 0 aromatic rings. The second kappa shape index (κ2) is 6.37. The van der Waals surface area contributed by atoms with E-state index < -0.39 is 0 Å². The predicted octanol–water partition coefficient (Wildman–Crippen LogP) is 0.882. The van der Waals surface area contributed by atoms with Crippen molar-refractivity contribution in [2.75, 3.05) is 32.8 Å². The highest BCUT2D eigenvalue weighted by Gasteiger charge is 2.39. The van der Waals surface area contributed by atoms with Crippen molar-refractivity contribution in [3.8, 4) is 0 Å². The molecule has 0 saturated carbocycles. The van der Waals surface area contributed by atoms with Gasteiger partial charge in [0.2, 0.25) is 11.8 Å². The number of fused-ring (bicyclic) bond motifs is 1. The van der Waals surface area contributed by atoms with Gasteiger partial charge in [-0.1, -0.05) is 13.8 Å². The van der Waals surface area contributed by atoms with Gasteiger partial charge in [-0.3, -0.25) is 9.59 Å². The fourth-order valence-corrected chi connectivity index (χ4v) is 2.71. The number of hydrogen-bond acceptors (Lipinski definition) is 3. The van der Waals surface area contributed by atoms with Gasteiger partial charge in [-0.15, -0.1) is 0 Å². The van der Waals surface area contributed by atoms with Crippen LogP contribution >= 0.6 is 0 Å². The Morgan fingerprint density at radius 3 is 2.84 bits per heavy atom. The number of amides is 2. The van der Waals surface area contributed by atoms with Crippen molar-refractivity contribution in [2.24, 2.45) is 5.92 Å². The molecule has 2 heterocycles. The first-order valence-electron chi connectivity index (χ1n) is 7.25. The molecule has 0 bridgehead atoms. The summed E-state index contributed by atoms with van der Waals surface area (Å²) in [4.78, 5) is 27.7. The van der Waals surface area contributed by atoms with Gasteiger partial charge in [0, 0.05) is 19.7 Å². The second-order valence-electron chi connectivity index (χ2n) is 5.83. The van der Waals surface area contributed by atoms with Gasteiger partial charge in [0.05, 0.1) is 13.2 Å². The van der Waals surface area contributed by atoms with Gasteiger partial charge < -0.3 is 14.5 Å². The van der Waals surface area contributed by atoms with Crippen molar-refractivity contribution in [3.05, 3.63) is 0 Å². The number of hydrogen-bond donors (Lipinski definition) is 0. The molecule has 0 radical (unpaired) electrons. The number of piperidine rings is 1. The summed E-state index contributed by atoms with van der Waals surface area (Å²) in [6.45, 7) is 6.90. The Morgan fingerprint density at radius 1 is 1.32 bits per heavy atom. The summed E-state index contributed by atoms with van der Waals surface area (Å²) in [7, 11) is 0. The Labute approximate surface area is 114 Å². The summed E-state index contributed by atoms with van der Waals surface area (Å²) in [5, 5.41) is 0. The molecule has 2 aliphatic heterocycles. The molecule has 0 N–H and O–H groups in total. The molecule has 5 nitrogen and oxygen atoms in total. The lowest BCUT2D eigenvalue weighted by Gasteiger charge is -2.42. The number of ether oxygens (including phenoxy) is 1. The first-order chi connectivity index (χ1) is 9.09. The third-order valence-electron chi connectivity index (χ3n) is 3.70. The maximum atomic E-state index is 12.3. The lowest BCUT2D eigenvalue weighted by Crippen LogP contribution is -2.61. The van der Waals surface area contributed by atoms with Crippen LogP contribution in [0.3, 0.4) is 0 Å². The fraction of sp³-hybridized carbons (Fsp3) is 0.857. The van der Waals surface area contributed by atoms with Gasteiger partial charge in [0.25, 0.3) is 0 Å². The SMILES string of the molecule is CC(C)COCCN1CC(=O)N2CCCCC2C1=O. The van der Waals surface area contributed by atoms with E-state index in [-0.39, 0.29) is 24.4 Å². The van der Waals surface area contributed by atoms with E-state index in [1.165, 1.54) is 0 Å². The number of nitrogens with zero attached hydrogens (tertiary/aromatic N) is 2. The van der Waals surface area contributed by atoms with Crippen LogP contribution in [-0.2, 0) is 14.3 Å². The van der Waals surface area contributed by atoms with E-state index >= 15 is 0 Å². The number of carbonyl (C=O) groups excluding carboxylic acids is 2. The molecule has 108 valence electrons. The number of carbonyl (C=O) groups is 2. The molecule has 0 aromatic heterocycles. The Kier molecular flexibility index (Phi) is 4.80. The van der Waals surface area contributed by atoms with Gasteiger partial charge in [-0.2, -0.15) is 0 Å². The first kappa shape index (κ1) is 14.3. The molecular formula is C14H24N2O3. The molecule has 2 rings (SSSR count). The summed E-state index contributed by atoms with van der Waals surface area (Å²) in [6, 6.07) is -0.208. The van der Waals surface area contributed by atoms with Crippen molar-refractivity contribution in [1.82, 2.24) is 9.80 Å². The van der Waals surface area contributed by atoms with Gasteiger partial charge in [0.1, 0.15) is 6.04 Å². The fourth-order valence-electron chi connectivity index (χ4n) is 2.71. The predicted molar refractivity (Wildman–Crippen MR) is 71.6 cm³/mol. The average Bonchev–Trinajstić information content (AvgIpc) is 2.40. The van der Waals surface area contributed by atoms with Crippen LogP contribution in [0.25, 0.3) is 0 Å². The van der Waals surface area contributed by atoms with Gasteiger partial charge >= 0.3 is 0 Å². The molecule has 2 amide bonds. The van der Waals surface area contributed by atoms with Crippen molar-refractivity contribution < 1.29 is 14.3 Å². The highest BCUT2D eigenvalue weighted by atomic mass is 16.5. The Balaban J connectivity index is 1.84. The molecule has 0 spiro atoms. The first-order valence-corrected chi connectivity index (χ1v) is 7.25. The Bertz CT molecular complexity index is 344. The van der Waals surface area contributed by atoms with Gasteiger partial charge in [-0.05, 0) is 25.2 Å². The van der Waals surface area contributed by atoms with Crippen molar-refractivity contribution >= 4 is 11.8 Å². The Hall–Kier alpha value is -1.10. The molecule has 0 aliphatic carbocycles. The molecule has 2 saturated heterocycles. The van der Waals surface area contributed by atoms with Crippen molar-refractivity contribution in [1.29, 1.82) is 0 Å². The average molecular weight is 268 g/mol. The van der Waals surface area contributed by atoms with E-state index in [0.717, 1.165) is 25.8 Å². The largest absolute Gasteiger partial charge is 0.379 e. The number of rotatable bonds is 5. The molecule has 1 atom stereocenters. The normalized spacial score (nSPS) is 24.1. The van der Waals surface area contributed by atoms with Crippen LogP contribution in [0, 0.1) is 5.92 Å². The monoisotopic (exact) mass is 268 g/mol. The minimum Gasteiger partial charge on any atom is -0.379 e. The van der Waals surface area contributed by atoms with Crippen LogP contribution in [0.2, 0.25) is 0 Å². The van der Waals surface area contributed by atoms with Crippen LogP contribution in [0.1, 0.15) is 33.1 Å². The van der Waals surface area contributed by atoms with Crippen LogP contribution in [0.5, 0.6) is 0 Å². The van der Waals surface area contributed by atoms with E-state index in [1.54, 1.807) is 9.80 Å². The lowest BCUT2D eigenvalue weighted by molar-refractivity contribution is -0.158. The molecular weight excluding hydrogens is 244 g/mol. The second-order valence-corrected chi connectivity index (χ2v) is 5.83. The minimum atomic E-state index is -0.208. The molecule has 5 heteroatoms. The quantitative estimate of drug-likeness (QED) is 0.696. The minimum absolute atomic E-state index is 0.0909. The van der Waals surface area contributed by atoms with Crippen LogP contribution in [0.4, 0.5) is 0 Å². The highest BCUT2D eigenvalue weighted by Crippen LogP contribution is 2.22. The van der Waals surface area contributed by atoms with Crippen molar-refractivity contribution in [3.63, 3.8) is 0 Å². The van der Waals surface area contributed by atoms with E-state index in [0.29, 0.717) is 25.7 Å². The smallest absolute Gasteiger partial charge is 0.245 e. The zero-order valence-corrected chi connectivity index (χ0v) is 11.9. The standard InChI is InChI=1S/C14H24N2O3/c1-11(2)10-19-8-7-15-9-13(17)16-6-4-3-5-12(16)14(15)18/h11-12H,3-10H2,1-2H3. The molecule has 19 heavy (non-hydrogen) atoms. The van der Waals surface area contributed by atoms with E-state index in [2.05, 4.69) is 13.8 Å². The highest BCUT2D eigenvalue weighted by molar-refractivity contribution is 5.95. The lowest BCUT2D eigenvalue weighted by atomic mass is 9.98. The van der Waals surface area contributed by atoms with Crippen LogP contribution in [0.15, 0.2) is 0 Å². The molecule has 1 unspecified atom stereocenters. The van der Waals surface area contributed by atoms with Crippen molar-refractivity contribution in [2.45, 2.75) is 39.2 Å². The zero-order chi connectivity index (χ0) is 13.8. The van der Waals surface area contributed by atoms with Crippen LogP contribution in [-0.4, -0.2) is 60.5 Å². The maximum absolute atomic E-state index is 12.3.